The number of rotatable bonds is 8. The fourth-order valence-corrected chi connectivity index (χ4v) is 4.82. The van der Waals surface area contributed by atoms with Crippen LogP contribution in [0.3, 0.4) is 0 Å². The minimum atomic E-state index is 0.0596. The van der Waals surface area contributed by atoms with Crippen molar-refractivity contribution in [2.45, 2.75) is 32.9 Å². The zero-order chi connectivity index (χ0) is 25.6. The van der Waals surface area contributed by atoms with Gasteiger partial charge in [0.25, 0.3) is 0 Å². The van der Waals surface area contributed by atoms with E-state index in [2.05, 4.69) is 80.2 Å². The fourth-order valence-electron chi connectivity index (χ4n) is 4.82. The lowest BCUT2D eigenvalue weighted by atomic mass is 9.95. The molecule has 0 unspecified atom stereocenters. The van der Waals surface area contributed by atoms with Crippen molar-refractivity contribution in [3.8, 4) is 0 Å². The summed E-state index contributed by atoms with van der Waals surface area (Å²) >= 11 is 0. The van der Waals surface area contributed by atoms with Gasteiger partial charge in [-0.05, 0) is 73.8 Å². The maximum Gasteiger partial charge on any atom is 0.227 e. The van der Waals surface area contributed by atoms with Gasteiger partial charge in [-0.3, -0.25) is 9.69 Å². The number of fused-ring (bicyclic) bond motifs is 1. The molecule has 190 valence electrons. The summed E-state index contributed by atoms with van der Waals surface area (Å²) in [6.07, 6.45) is 1.78. The Bertz CT molecular complexity index is 1350. The number of benzene rings is 3. The van der Waals surface area contributed by atoms with Crippen LogP contribution in [0.1, 0.15) is 29.5 Å². The average Bonchev–Trinajstić information content (AvgIpc) is 2.93. The van der Waals surface area contributed by atoms with Gasteiger partial charge in [0.2, 0.25) is 11.9 Å². The molecule has 1 amide bonds. The van der Waals surface area contributed by atoms with E-state index in [1.807, 2.05) is 37.4 Å². The molecule has 2 heterocycles. The second-order valence-electron chi connectivity index (χ2n) is 9.74. The summed E-state index contributed by atoms with van der Waals surface area (Å²) < 4.78 is 0. The van der Waals surface area contributed by atoms with Crippen molar-refractivity contribution in [2.75, 3.05) is 36.1 Å². The lowest BCUT2D eigenvalue weighted by Crippen LogP contribution is -2.37. The molecule has 0 atom stereocenters. The molecule has 0 spiro atoms. The second-order valence-corrected chi connectivity index (χ2v) is 9.74. The highest BCUT2D eigenvalue weighted by molar-refractivity contribution is 5.92. The molecule has 3 aromatic carbocycles. The van der Waals surface area contributed by atoms with Crippen molar-refractivity contribution >= 4 is 34.3 Å². The predicted octanol–water partition coefficient (Wildman–Crippen LogP) is 5.44. The predicted molar refractivity (Wildman–Crippen MR) is 151 cm³/mol. The minimum absolute atomic E-state index is 0.0596. The highest BCUT2D eigenvalue weighted by Gasteiger charge is 2.25. The Morgan fingerprint density at radius 2 is 1.70 bits per heavy atom. The minimum Gasteiger partial charge on any atom is -0.365 e. The van der Waals surface area contributed by atoms with Crippen molar-refractivity contribution in [3.05, 3.63) is 89.5 Å². The maximum absolute atomic E-state index is 12.9. The number of hydrogen-bond acceptors (Lipinski definition) is 6. The van der Waals surface area contributed by atoms with Crippen molar-refractivity contribution < 1.29 is 4.79 Å². The Labute approximate surface area is 218 Å². The standard InChI is InChI=1S/C30H34N6O/c1-21-8-13-26-27(18-21)34-30(31-2)35-28(26)32-19-22-9-11-25(12-10-22)33-29(37)24-14-16-36(17-15-24)20-23-6-4-3-5-7-23/h3-13,18,24H,14-17,19-20H2,1-2H3,(H,33,37)(H2,31,32,34,35). The van der Waals surface area contributed by atoms with Gasteiger partial charge in [0.1, 0.15) is 5.82 Å². The van der Waals surface area contributed by atoms with E-state index < -0.39 is 0 Å². The number of hydrogen-bond donors (Lipinski definition) is 3. The topological polar surface area (TPSA) is 82.2 Å². The molecule has 0 radical (unpaired) electrons. The van der Waals surface area contributed by atoms with Gasteiger partial charge in [0, 0.05) is 37.1 Å². The SMILES string of the molecule is CNc1nc(NCc2ccc(NC(=O)C3CCN(Cc4ccccc4)CC3)cc2)c2ccc(C)cc2n1. The van der Waals surface area contributed by atoms with Crippen LogP contribution in [-0.2, 0) is 17.9 Å². The first kappa shape index (κ1) is 24.7. The molecule has 7 heteroatoms. The second kappa shape index (κ2) is 11.4. The lowest BCUT2D eigenvalue weighted by molar-refractivity contribution is -0.121. The third kappa shape index (κ3) is 6.24. The molecule has 1 aliphatic heterocycles. The number of nitrogens with one attached hydrogen (secondary N) is 3. The van der Waals surface area contributed by atoms with Crippen LogP contribution in [0.2, 0.25) is 0 Å². The summed E-state index contributed by atoms with van der Waals surface area (Å²) in [4.78, 5) is 24.5. The quantitative estimate of drug-likeness (QED) is 0.303. The van der Waals surface area contributed by atoms with Gasteiger partial charge in [-0.15, -0.1) is 0 Å². The van der Waals surface area contributed by atoms with Crippen LogP contribution in [0, 0.1) is 12.8 Å². The summed E-state index contributed by atoms with van der Waals surface area (Å²) in [5, 5.41) is 10.6. The Morgan fingerprint density at radius 3 is 2.43 bits per heavy atom. The Hall–Kier alpha value is -3.97. The van der Waals surface area contributed by atoms with Gasteiger partial charge >= 0.3 is 0 Å². The third-order valence-electron chi connectivity index (χ3n) is 6.96. The van der Waals surface area contributed by atoms with E-state index in [1.54, 1.807) is 0 Å². The highest BCUT2D eigenvalue weighted by Crippen LogP contribution is 2.24. The highest BCUT2D eigenvalue weighted by atomic mass is 16.1. The number of nitrogens with zero attached hydrogens (tertiary/aromatic N) is 3. The normalized spacial score (nSPS) is 14.4. The van der Waals surface area contributed by atoms with Gasteiger partial charge in [-0.2, -0.15) is 4.98 Å². The van der Waals surface area contributed by atoms with Crippen molar-refractivity contribution in [1.82, 2.24) is 14.9 Å². The molecular formula is C30H34N6O. The van der Waals surface area contributed by atoms with Crippen molar-refractivity contribution in [1.29, 1.82) is 0 Å². The monoisotopic (exact) mass is 494 g/mol. The summed E-state index contributed by atoms with van der Waals surface area (Å²) in [5.41, 5.74) is 5.34. The van der Waals surface area contributed by atoms with Crippen molar-refractivity contribution in [3.63, 3.8) is 0 Å². The van der Waals surface area contributed by atoms with E-state index in [0.29, 0.717) is 12.5 Å². The summed E-state index contributed by atoms with van der Waals surface area (Å²) in [6.45, 7) is 5.53. The van der Waals surface area contributed by atoms with E-state index in [1.165, 1.54) is 5.56 Å². The largest absolute Gasteiger partial charge is 0.365 e. The smallest absolute Gasteiger partial charge is 0.227 e. The van der Waals surface area contributed by atoms with Crippen LogP contribution in [0.25, 0.3) is 10.9 Å². The number of aryl methyl sites for hydroxylation is 1. The maximum atomic E-state index is 12.9. The Morgan fingerprint density at radius 1 is 0.946 bits per heavy atom. The molecule has 1 aromatic heterocycles. The zero-order valence-corrected chi connectivity index (χ0v) is 21.5. The molecule has 5 rings (SSSR count). The molecule has 0 saturated carbocycles. The molecular weight excluding hydrogens is 460 g/mol. The van der Waals surface area contributed by atoms with Gasteiger partial charge in [0.15, 0.2) is 0 Å². The number of likely N-dealkylation sites (tertiary alicyclic amines) is 1. The molecule has 1 fully saturated rings. The van der Waals surface area contributed by atoms with E-state index >= 15 is 0 Å². The molecule has 7 nitrogen and oxygen atoms in total. The number of carbonyl (C=O) groups is 1. The summed E-state index contributed by atoms with van der Waals surface area (Å²) in [5.74, 6) is 1.56. The van der Waals surface area contributed by atoms with E-state index in [0.717, 1.165) is 66.0 Å². The van der Waals surface area contributed by atoms with Crippen LogP contribution < -0.4 is 16.0 Å². The first-order chi connectivity index (χ1) is 18.1. The average molecular weight is 495 g/mol. The molecule has 0 bridgehead atoms. The van der Waals surface area contributed by atoms with Gasteiger partial charge in [-0.25, -0.2) is 4.98 Å². The Kier molecular flexibility index (Phi) is 7.61. The lowest BCUT2D eigenvalue weighted by Gasteiger charge is -2.31. The van der Waals surface area contributed by atoms with E-state index in [9.17, 15) is 4.79 Å². The van der Waals surface area contributed by atoms with Gasteiger partial charge < -0.3 is 16.0 Å². The number of aromatic nitrogens is 2. The van der Waals surface area contributed by atoms with Crippen LogP contribution in [-0.4, -0.2) is 40.9 Å². The molecule has 1 aliphatic rings. The number of amides is 1. The molecule has 3 N–H and O–H groups in total. The van der Waals surface area contributed by atoms with E-state index in [-0.39, 0.29) is 11.8 Å². The number of carbonyl (C=O) groups excluding carboxylic acids is 1. The first-order valence-corrected chi connectivity index (χ1v) is 12.9. The van der Waals surface area contributed by atoms with Crippen LogP contribution in [0.15, 0.2) is 72.8 Å². The van der Waals surface area contributed by atoms with Crippen LogP contribution in [0.4, 0.5) is 17.5 Å². The van der Waals surface area contributed by atoms with Crippen LogP contribution in [0.5, 0.6) is 0 Å². The fraction of sp³-hybridized carbons (Fsp3) is 0.300. The summed E-state index contributed by atoms with van der Waals surface area (Å²) in [7, 11) is 1.82. The van der Waals surface area contributed by atoms with Crippen LogP contribution >= 0.6 is 0 Å². The zero-order valence-electron chi connectivity index (χ0n) is 21.5. The molecule has 0 aliphatic carbocycles. The Balaban J connectivity index is 1.14. The van der Waals surface area contributed by atoms with Gasteiger partial charge in [0.05, 0.1) is 5.52 Å². The summed E-state index contributed by atoms with van der Waals surface area (Å²) in [6, 6.07) is 24.7. The van der Waals surface area contributed by atoms with Crippen molar-refractivity contribution in [2.24, 2.45) is 5.92 Å². The van der Waals surface area contributed by atoms with Gasteiger partial charge in [-0.1, -0.05) is 48.5 Å². The molecule has 37 heavy (non-hydrogen) atoms. The third-order valence-corrected chi connectivity index (χ3v) is 6.96. The molecule has 4 aromatic rings. The molecule has 1 saturated heterocycles. The van der Waals surface area contributed by atoms with E-state index in [4.69, 9.17) is 0 Å². The first-order valence-electron chi connectivity index (χ1n) is 12.9. The number of anilines is 3. The number of piperidine rings is 1.